The van der Waals surface area contributed by atoms with Crippen molar-refractivity contribution < 1.29 is 29.0 Å². The number of ether oxygens (including phenoxy) is 2. The van der Waals surface area contributed by atoms with Crippen LogP contribution in [0.1, 0.15) is 50.4 Å². The summed E-state index contributed by atoms with van der Waals surface area (Å²) in [6.07, 6.45) is 1.78. The van der Waals surface area contributed by atoms with Gasteiger partial charge in [-0.15, -0.1) is 0 Å². The number of carbonyl (C=O) groups is 3. The number of likely N-dealkylation sites (N-methyl/N-ethyl adjacent to an activating group) is 1. The lowest BCUT2D eigenvalue weighted by Crippen LogP contribution is -2.48. The van der Waals surface area contributed by atoms with E-state index in [1.165, 1.54) is 0 Å². The van der Waals surface area contributed by atoms with Crippen molar-refractivity contribution in [1.82, 2.24) is 9.80 Å². The fourth-order valence-corrected chi connectivity index (χ4v) is 6.18. The molecule has 0 saturated heterocycles. The number of fused-ring (bicyclic) bond motifs is 2. The van der Waals surface area contributed by atoms with Crippen LogP contribution in [0, 0.1) is 5.92 Å². The standard InChI is InChI=1S/C40H49N5O6/c1-27-24-45(28(2)26-46)38(47)34-23-32(42-39(48)41-31-16-6-5-7-17-31)20-21-36(34)51-29(3)13-10-11-22-50-37(27)25-44(4)40(49)43-35-19-12-15-30-14-8-9-18-33(30)35/h5-9,12,14-21,23,27-29,37,46H,10-11,13,22,24-26H2,1-4H3,(H,43,49)(H2,41,42,48)/t27-,28+,29+,37+/m1/s1. The van der Waals surface area contributed by atoms with E-state index in [0.29, 0.717) is 23.7 Å². The van der Waals surface area contributed by atoms with Crippen LogP contribution in [-0.4, -0.2) is 84.5 Å². The van der Waals surface area contributed by atoms with Gasteiger partial charge in [-0.1, -0.05) is 61.5 Å². The number of hydrogen-bond donors (Lipinski definition) is 4. The SMILES string of the molecule is C[C@@H]1CN([C@@H](C)CO)C(=O)c2cc(NC(=O)Nc3ccccc3)ccc2O[C@@H](C)CCCCO[C@H]1CN(C)C(=O)Nc1cccc2ccccc12. The Morgan fingerprint density at radius 2 is 1.65 bits per heavy atom. The number of hydrogen-bond acceptors (Lipinski definition) is 6. The smallest absolute Gasteiger partial charge is 0.323 e. The first-order chi connectivity index (χ1) is 24.6. The third-order valence-corrected chi connectivity index (χ3v) is 9.17. The average Bonchev–Trinajstić information content (AvgIpc) is 3.13. The van der Waals surface area contributed by atoms with E-state index in [1.54, 1.807) is 54.1 Å². The Labute approximate surface area is 299 Å². The highest BCUT2D eigenvalue weighted by Gasteiger charge is 2.31. The zero-order valence-electron chi connectivity index (χ0n) is 29.8. The fraction of sp³-hybridized carbons (Fsp3) is 0.375. The van der Waals surface area contributed by atoms with Crippen LogP contribution in [0.3, 0.4) is 0 Å². The average molecular weight is 696 g/mol. The predicted molar refractivity (Wildman–Crippen MR) is 202 cm³/mol. The molecule has 5 amide bonds. The molecular formula is C40H49N5O6. The summed E-state index contributed by atoms with van der Waals surface area (Å²) < 4.78 is 12.7. The van der Waals surface area contributed by atoms with E-state index < -0.39 is 18.2 Å². The minimum Gasteiger partial charge on any atom is -0.490 e. The maximum atomic E-state index is 14.4. The number of benzene rings is 4. The number of rotatable bonds is 7. The van der Waals surface area contributed by atoms with Crippen molar-refractivity contribution in [1.29, 1.82) is 0 Å². The zero-order chi connectivity index (χ0) is 36.3. The van der Waals surface area contributed by atoms with Crippen molar-refractivity contribution in [3.05, 3.63) is 96.6 Å². The molecule has 1 heterocycles. The van der Waals surface area contributed by atoms with E-state index in [2.05, 4.69) is 16.0 Å². The normalized spacial score (nSPS) is 19.2. The summed E-state index contributed by atoms with van der Waals surface area (Å²) in [6, 6.07) is 26.5. The van der Waals surface area contributed by atoms with Crippen molar-refractivity contribution in [3.8, 4) is 5.75 Å². The van der Waals surface area contributed by atoms with E-state index in [0.717, 1.165) is 35.7 Å². The van der Waals surface area contributed by atoms with Gasteiger partial charge >= 0.3 is 12.1 Å². The molecule has 0 saturated carbocycles. The molecule has 270 valence electrons. The highest BCUT2D eigenvalue weighted by Crippen LogP contribution is 2.29. The third kappa shape index (κ3) is 9.99. The first-order valence-electron chi connectivity index (χ1n) is 17.6. The van der Waals surface area contributed by atoms with Crippen LogP contribution in [0.25, 0.3) is 10.8 Å². The number of amides is 5. The molecule has 0 radical (unpaired) electrons. The zero-order valence-corrected chi connectivity index (χ0v) is 29.8. The molecular weight excluding hydrogens is 646 g/mol. The van der Waals surface area contributed by atoms with Crippen LogP contribution < -0.4 is 20.7 Å². The molecule has 0 bridgehead atoms. The second kappa shape index (κ2) is 17.7. The Kier molecular flexibility index (Phi) is 12.9. The summed E-state index contributed by atoms with van der Waals surface area (Å²) in [5, 5.41) is 20.9. The maximum Gasteiger partial charge on any atom is 0.323 e. The lowest BCUT2D eigenvalue weighted by molar-refractivity contribution is -0.0115. The number of anilines is 3. The van der Waals surface area contributed by atoms with E-state index in [1.807, 2.05) is 74.5 Å². The Morgan fingerprint density at radius 3 is 2.43 bits per heavy atom. The molecule has 4 aromatic carbocycles. The minimum absolute atomic E-state index is 0.193. The summed E-state index contributed by atoms with van der Waals surface area (Å²) in [5.41, 5.74) is 2.04. The molecule has 0 spiro atoms. The summed E-state index contributed by atoms with van der Waals surface area (Å²) in [5.74, 6) is -0.172. The topological polar surface area (TPSA) is 132 Å². The van der Waals surface area contributed by atoms with Crippen LogP contribution in [0.5, 0.6) is 5.75 Å². The Bertz CT molecular complexity index is 1780. The van der Waals surface area contributed by atoms with E-state index >= 15 is 0 Å². The molecule has 0 aromatic heterocycles. The van der Waals surface area contributed by atoms with E-state index in [9.17, 15) is 19.5 Å². The molecule has 4 aromatic rings. The van der Waals surface area contributed by atoms with E-state index in [-0.39, 0.29) is 49.2 Å². The number of aliphatic hydroxyl groups is 1. The summed E-state index contributed by atoms with van der Waals surface area (Å²) in [4.78, 5) is 43.9. The van der Waals surface area contributed by atoms with Crippen LogP contribution in [0.4, 0.5) is 26.7 Å². The molecule has 11 heteroatoms. The fourth-order valence-electron chi connectivity index (χ4n) is 6.18. The minimum atomic E-state index is -0.538. The highest BCUT2D eigenvalue weighted by molar-refractivity contribution is 6.03. The van der Waals surface area contributed by atoms with Gasteiger partial charge in [-0.2, -0.15) is 0 Å². The van der Waals surface area contributed by atoms with Gasteiger partial charge in [0.05, 0.1) is 36.1 Å². The Balaban J connectivity index is 1.37. The summed E-state index contributed by atoms with van der Waals surface area (Å²) in [7, 11) is 1.74. The van der Waals surface area contributed by atoms with E-state index in [4.69, 9.17) is 9.47 Å². The van der Waals surface area contributed by atoms with Crippen molar-refractivity contribution in [2.24, 2.45) is 5.92 Å². The van der Waals surface area contributed by atoms with Crippen molar-refractivity contribution >= 4 is 45.8 Å². The van der Waals surface area contributed by atoms with Crippen molar-refractivity contribution in [2.45, 2.75) is 58.3 Å². The molecule has 5 rings (SSSR count). The second-order valence-corrected chi connectivity index (χ2v) is 13.3. The number of carbonyl (C=O) groups excluding carboxylic acids is 3. The number of urea groups is 2. The molecule has 4 N–H and O–H groups in total. The number of nitrogens with zero attached hydrogens (tertiary/aromatic N) is 2. The van der Waals surface area contributed by atoms with Crippen LogP contribution in [-0.2, 0) is 4.74 Å². The van der Waals surface area contributed by atoms with Crippen LogP contribution >= 0.6 is 0 Å². The van der Waals surface area contributed by atoms with Gasteiger partial charge in [-0.05, 0) is 74.9 Å². The largest absolute Gasteiger partial charge is 0.490 e. The highest BCUT2D eigenvalue weighted by atomic mass is 16.5. The van der Waals surface area contributed by atoms with Crippen LogP contribution in [0.2, 0.25) is 0 Å². The van der Waals surface area contributed by atoms with Gasteiger partial charge in [0.25, 0.3) is 5.91 Å². The molecule has 0 unspecified atom stereocenters. The quantitative estimate of drug-likeness (QED) is 0.159. The predicted octanol–water partition coefficient (Wildman–Crippen LogP) is 7.44. The first kappa shape index (κ1) is 37.1. The van der Waals surface area contributed by atoms with Gasteiger partial charge in [0.1, 0.15) is 5.75 Å². The van der Waals surface area contributed by atoms with Gasteiger partial charge in [-0.3, -0.25) is 4.79 Å². The number of nitrogens with one attached hydrogen (secondary N) is 3. The lowest BCUT2D eigenvalue weighted by Gasteiger charge is -2.35. The summed E-state index contributed by atoms with van der Waals surface area (Å²) >= 11 is 0. The first-order valence-corrected chi connectivity index (χ1v) is 17.6. The molecule has 51 heavy (non-hydrogen) atoms. The van der Waals surface area contributed by atoms with Gasteiger partial charge in [0, 0.05) is 49.4 Å². The van der Waals surface area contributed by atoms with Crippen molar-refractivity contribution in [2.75, 3.05) is 49.3 Å². The molecule has 11 nitrogen and oxygen atoms in total. The Hall–Kier alpha value is -5.13. The van der Waals surface area contributed by atoms with Crippen LogP contribution in [0.15, 0.2) is 91.0 Å². The lowest BCUT2D eigenvalue weighted by atomic mass is 10.0. The van der Waals surface area contributed by atoms with Gasteiger partial charge in [-0.25, -0.2) is 9.59 Å². The number of aliphatic hydroxyl groups excluding tert-OH is 1. The van der Waals surface area contributed by atoms with Gasteiger partial charge in [0.2, 0.25) is 0 Å². The van der Waals surface area contributed by atoms with Crippen molar-refractivity contribution in [3.63, 3.8) is 0 Å². The number of para-hydroxylation sites is 1. The monoisotopic (exact) mass is 695 g/mol. The molecule has 1 aliphatic heterocycles. The molecule has 0 aliphatic carbocycles. The molecule has 1 aliphatic rings. The maximum absolute atomic E-state index is 14.4. The van der Waals surface area contributed by atoms with Gasteiger partial charge < -0.3 is 40.3 Å². The third-order valence-electron chi connectivity index (χ3n) is 9.17. The molecule has 0 fully saturated rings. The summed E-state index contributed by atoms with van der Waals surface area (Å²) in [6.45, 7) is 6.48. The second-order valence-electron chi connectivity index (χ2n) is 13.3. The Morgan fingerprint density at radius 1 is 0.922 bits per heavy atom. The molecule has 4 atom stereocenters. The van der Waals surface area contributed by atoms with Gasteiger partial charge in [0.15, 0.2) is 0 Å².